The Morgan fingerprint density at radius 3 is 2.05 bits per heavy atom. The average Bonchev–Trinajstić information content (AvgIpc) is 2.28. The number of carbonyl (C=O) groups is 1. The maximum atomic E-state index is 11.6. The fourth-order valence-electron chi connectivity index (χ4n) is 1.29. The maximum absolute atomic E-state index is 11.6. The fourth-order valence-corrected chi connectivity index (χ4v) is 1.99. The average molecular weight is 294 g/mol. The number of nitrogens with one attached hydrogen (secondary N) is 1. The Morgan fingerprint density at radius 1 is 1.21 bits per heavy atom. The summed E-state index contributed by atoms with van der Waals surface area (Å²) in [6.45, 7) is 4.91. The van der Waals surface area contributed by atoms with Crippen molar-refractivity contribution in [3.8, 4) is 0 Å². The Kier molecular flexibility index (Phi) is 7.07. The summed E-state index contributed by atoms with van der Waals surface area (Å²) < 4.78 is 25.8. The predicted molar refractivity (Wildman–Crippen MR) is 72.8 cm³/mol. The van der Waals surface area contributed by atoms with E-state index in [2.05, 4.69) is 4.72 Å². The van der Waals surface area contributed by atoms with Gasteiger partial charge in [-0.2, -0.15) is 0 Å². The van der Waals surface area contributed by atoms with E-state index in [4.69, 9.17) is 5.73 Å². The van der Waals surface area contributed by atoms with Gasteiger partial charge < -0.3 is 7.16 Å². The van der Waals surface area contributed by atoms with Crippen molar-refractivity contribution in [3.05, 3.63) is 29.8 Å². The van der Waals surface area contributed by atoms with Crippen molar-refractivity contribution in [1.29, 1.82) is 0 Å². The normalized spacial score (nSPS) is 12.6. The summed E-state index contributed by atoms with van der Waals surface area (Å²) in [5, 5.41) is -0.498. The molecule has 0 radical (unpaired) electrons. The van der Waals surface area contributed by atoms with Crippen molar-refractivity contribution >= 4 is 21.6 Å². The third kappa shape index (κ3) is 5.14. The molecule has 7 heteroatoms. The Morgan fingerprint density at radius 2 is 1.68 bits per heavy atom. The van der Waals surface area contributed by atoms with E-state index < -0.39 is 21.2 Å². The number of anilines is 1. The van der Waals surface area contributed by atoms with Crippen LogP contribution in [0.3, 0.4) is 0 Å². The summed E-state index contributed by atoms with van der Waals surface area (Å²) in [6, 6.07) is 6.62. The zero-order chi connectivity index (χ0) is 13.9. The molecule has 0 saturated carbocycles. The molecular formula is C12H19N2NaO3S. The second kappa shape index (κ2) is 7.28. The molecule has 0 aliphatic carbocycles. The molecule has 0 spiro atoms. The quantitative estimate of drug-likeness (QED) is 0.651. The van der Waals surface area contributed by atoms with Crippen LogP contribution in [0.4, 0.5) is 5.69 Å². The van der Waals surface area contributed by atoms with E-state index in [0.717, 1.165) is 5.56 Å². The van der Waals surface area contributed by atoms with Crippen LogP contribution in [0.15, 0.2) is 24.3 Å². The minimum Gasteiger partial charge on any atom is -1.00 e. The molecule has 1 aromatic rings. The van der Waals surface area contributed by atoms with Crippen molar-refractivity contribution in [2.75, 3.05) is 4.72 Å². The molecule has 0 aliphatic rings. The van der Waals surface area contributed by atoms with Gasteiger partial charge in [0.15, 0.2) is 0 Å². The summed E-state index contributed by atoms with van der Waals surface area (Å²) in [5.74, 6) is -0.800. The molecule has 0 saturated heterocycles. The third-order valence-electron chi connectivity index (χ3n) is 2.72. The molecule has 0 fully saturated rings. The van der Waals surface area contributed by atoms with Gasteiger partial charge in [0.2, 0.25) is 15.9 Å². The summed E-state index contributed by atoms with van der Waals surface area (Å²) in [6.07, 6.45) is 0. The Hall–Kier alpha value is -0.560. The predicted octanol–water partition coefficient (Wildman–Crippen LogP) is -1.46. The second-order valence-electron chi connectivity index (χ2n) is 4.44. The smallest absolute Gasteiger partial charge is 1.00 e. The van der Waals surface area contributed by atoms with Gasteiger partial charge in [0.05, 0.1) is 11.2 Å². The van der Waals surface area contributed by atoms with E-state index in [0.29, 0.717) is 5.69 Å². The maximum Gasteiger partial charge on any atom is 1.00 e. The first-order chi connectivity index (χ1) is 8.24. The molecule has 1 amide bonds. The Bertz CT molecular complexity index is 532. The number of carbonyl (C=O) groups excluding carboxylic acids is 1. The van der Waals surface area contributed by atoms with Crippen LogP contribution in [-0.4, -0.2) is 19.6 Å². The number of hydrogen-bond acceptors (Lipinski definition) is 3. The number of hydrogen-bond donors (Lipinski definition) is 2. The third-order valence-corrected chi connectivity index (χ3v) is 4.48. The molecule has 0 aromatic heterocycles. The van der Waals surface area contributed by atoms with Gasteiger partial charge in [-0.15, -0.1) is 0 Å². The van der Waals surface area contributed by atoms with Crippen LogP contribution in [0.1, 0.15) is 33.7 Å². The van der Waals surface area contributed by atoms with E-state index in [9.17, 15) is 13.2 Å². The van der Waals surface area contributed by atoms with Gasteiger partial charge in [-0.1, -0.05) is 12.1 Å². The number of benzene rings is 1. The second-order valence-corrected chi connectivity index (χ2v) is 6.68. The van der Waals surface area contributed by atoms with E-state index in [1.54, 1.807) is 45.0 Å². The molecule has 5 nitrogen and oxygen atoms in total. The topological polar surface area (TPSA) is 89.3 Å². The van der Waals surface area contributed by atoms with Crippen LogP contribution < -0.4 is 40.0 Å². The van der Waals surface area contributed by atoms with Gasteiger partial charge in [-0.3, -0.25) is 9.52 Å². The number of nitrogens with two attached hydrogens (primary N) is 1. The Labute approximate surface area is 137 Å². The summed E-state index contributed by atoms with van der Waals surface area (Å²) in [7, 11) is -3.34. The zero-order valence-electron chi connectivity index (χ0n) is 12.7. The van der Waals surface area contributed by atoms with Crippen molar-refractivity contribution < 1.29 is 44.2 Å². The molecule has 102 valence electrons. The van der Waals surface area contributed by atoms with Gasteiger partial charge in [0.25, 0.3) is 0 Å². The molecular weight excluding hydrogens is 275 g/mol. The molecule has 1 atom stereocenters. The number of amides is 1. The van der Waals surface area contributed by atoms with Crippen LogP contribution >= 0.6 is 0 Å². The van der Waals surface area contributed by atoms with Crippen molar-refractivity contribution in [1.82, 2.24) is 0 Å². The molecule has 19 heavy (non-hydrogen) atoms. The van der Waals surface area contributed by atoms with Gasteiger partial charge in [-0.05, 0) is 38.5 Å². The summed E-state index contributed by atoms with van der Waals surface area (Å²) in [5.41, 5.74) is 6.43. The molecule has 0 bridgehead atoms. The molecule has 0 heterocycles. The monoisotopic (exact) mass is 294 g/mol. The molecule has 0 unspecified atom stereocenters. The van der Waals surface area contributed by atoms with E-state index in [1.807, 2.05) is 0 Å². The Balaban J connectivity index is 0. The van der Waals surface area contributed by atoms with Crippen molar-refractivity contribution in [3.63, 3.8) is 0 Å². The largest absolute Gasteiger partial charge is 1.00 e. The number of sulfonamides is 1. The van der Waals surface area contributed by atoms with Crippen LogP contribution in [0.2, 0.25) is 0 Å². The summed E-state index contributed by atoms with van der Waals surface area (Å²) in [4.78, 5) is 11.0. The minimum atomic E-state index is -3.34. The van der Waals surface area contributed by atoms with Crippen LogP contribution in [0.25, 0.3) is 0 Å². The van der Waals surface area contributed by atoms with Crippen LogP contribution in [0, 0.1) is 0 Å². The SMILES string of the molecule is CC(C)S(=O)(=O)Nc1ccc([C@@H](C)C(N)=O)cc1.[H-].[Na+]. The summed E-state index contributed by atoms with van der Waals surface area (Å²) >= 11 is 0. The van der Waals surface area contributed by atoms with Crippen molar-refractivity contribution in [2.24, 2.45) is 5.73 Å². The van der Waals surface area contributed by atoms with Gasteiger partial charge in [0.1, 0.15) is 0 Å². The molecule has 1 rings (SSSR count). The fraction of sp³-hybridized carbons (Fsp3) is 0.417. The molecule has 1 aromatic carbocycles. The first kappa shape index (κ1) is 18.4. The van der Waals surface area contributed by atoms with Crippen LogP contribution in [0.5, 0.6) is 0 Å². The van der Waals surface area contributed by atoms with E-state index in [1.165, 1.54) is 0 Å². The minimum absolute atomic E-state index is 0. The van der Waals surface area contributed by atoms with Gasteiger partial charge in [-0.25, -0.2) is 8.42 Å². The number of rotatable bonds is 5. The van der Waals surface area contributed by atoms with Gasteiger partial charge in [0, 0.05) is 5.69 Å². The molecule has 3 N–H and O–H groups in total. The standard InChI is InChI=1S/C12H18N2O3S.Na.H/c1-8(2)18(16,17)14-11-6-4-10(5-7-11)9(3)12(13)15;;/h4-9,14H,1-3H3,(H2,13,15);;/q;+1;-1/t9-;;/m1../s1. The molecule has 0 aliphatic heterocycles. The number of primary amides is 1. The van der Waals surface area contributed by atoms with Crippen LogP contribution in [-0.2, 0) is 14.8 Å². The van der Waals surface area contributed by atoms with Crippen molar-refractivity contribution in [2.45, 2.75) is 31.9 Å². The van der Waals surface area contributed by atoms with Gasteiger partial charge >= 0.3 is 29.6 Å². The van der Waals surface area contributed by atoms with E-state index in [-0.39, 0.29) is 36.9 Å². The first-order valence-electron chi connectivity index (χ1n) is 5.65. The zero-order valence-corrected chi connectivity index (χ0v) is 14.5. The van der Waals surface area contributed by atoms with E-state index >= 15 is 0 Å². The first-order valence-corrected chi connectivity index (χ1v) is 7.19.